The quantitative estimate of drug-likeness (QED) is 0.0620. The standard InChI is InChI=1S/C19H29NO.2C17H26N2O.C17H20O2.C14H21NO2.C13H19NO/c1-5-20-14-6-7-17(20)12-13-18(21)15-8-10-16(11-9-15)19(2,3)4;1-17(2,3)15-8-6-14(7-9-15)16(20)19-11-5-10-18(4)12-13-19;1-5-18-10-12-19(13-11-18)16(20)14-6-8-15(9-7-14)17(2,3)4;1-17(2,3)14-8-6-13(7-9-14)16(18)11-10-15-5-4-12-19-15;1-14(2,3)12-7-5-11(6-8-12)13(16)15-9-10-17-4;1-5-14-12(15)10-6-8-11(9-7-10)13(2,3)4/h8-11,17H,5-7,12-14H2,1-4H3;2*6-9H,5,10-13H2,1-4H3;4-9,12H,10-11H2,1-3H3;5-8H,9-10H2,1-4H3,(H,15,16);6-9H,5H2,1-4H3,(H,14,15). The van der Waals surface area contributed by atoms with E-state index < -0.39 is 0 Å². The lowest BCUT2D eigenvalue weighted by atomic mass is 9.86. The Kier molecular flexibility index (Phi) is 37.3. The molecule has 3 saturated heterocycles. The van der Waals surface area contributed by atoms with Crippen molar-refractivity contribution in [1.82, 2.24) is 35.1 Å². The summed E-state index contributed by atoms with van der Waals surface area (Å²) in [5.74, 6) is 1.59. The molecule has 3 fully saturated rings. The molecular weight excluding hydrogens is 1390 g/mol. The van der Waals surface area contributed by atoms with Gasteiger partial charge in [-0.15, -0.1) is 0 Å². The Bertz CT molecular complexity index is 3950. The fraction of sp³-hybridized carbons (Fsp3) is 0.526. The third-order valence-corrected chi connectivity index (χ3v) is 21.0. The monoisotopic (exact) mass is 1530 g/mol. The van der Waals surface area contributed by atoms with Crippen molar-refractivity contribution in [3.05, 3.63) is 237 Å². The summed E-state index contributed by atoms with van der Waals surface area (Å²) in [6, 6.07) is 52.2. The lowest BCUT2D eigenvalue weighted by molar-refractivity contribution is 0.0642. The van der Waals surface area contributed by atoms with E-state index in [0.717, 1.165) is 112 Å². The number of furan rings is 1. The predicted octanol–water partition coefficient (Wildman–Crippen LogP) is 19.4. The van der Waals surface area contributed by atoms with Gasteiger partial charge in [-0.05, 0) is 192 Å². The molecule has 10 rings (SSSR count). The second kappa shape index (κ2) is 44.4. The third kappa shape index (κ3) is 31.9. The molecule has 15 nitrogen and oxygen atoms in total. The Hall–Kier alpha value is -8.34. The van der Waals surface area contributed by atoms with E-state index in [1.54, 1.807) is 13.4 Å². The average Bonchev–Trinajstić information content (AvgIpc) is 1.77. The molecule has 112 heavy (non-hydrogen) atoms. The number of Topliss-reactive ketones (excluding diaryl/α,β-unsaturated/α-hetero) is 2. The Morgan fingerprint density at radius 2 is 0.777 bits per heavy atom. The lowest BCUT2D eigenvalue weighted by Gasteiger charge is -2.34. The number of likely N-dealkylation sites (tertiary alicyclic amines) is 1. The first-order chi connectivity index (χ1) is 52.6. The highest BCUT2D eigenvalue weighted by atomic mass is 16.5. The van der Waals surface area contributed by atoms with Gasteiger partial charge in [-0.3, -0.25) is 28.8 Å². The number of carbonyl (C=O) groups is 6. The van der Waals surface area contributed by atoms with E-state index in [-0.39, 0.29) is 61.9 Å². The number of rotatable bonds is 18. The van der Waals surface area contributed by atoms with Crippen LogP contribution in [-0.2, 0) is 43.6 Å². The molecule has 6 aromatic carbocycles. The van der Waals surface area contributed by atoms with Gasteiger partial charge in [0.05, 0.1) is 12.9 Å². The van der Waals surface area contributed by atoms with E-state index in [1.165, 1.54) is 52.8 Å². The van der Waals surface area contributed by atoms with Crippen molar-refractivity contribution < 1.29 is 37.9 Å². The second-order valence-electron chi connectivity index (χ2n) is 36.1. The van der Waals surface area contributed by atoms with Crippen LogP contribution in [0.5, 0.6) is 0 Å². The molecule has 612 valence electrons. The van der Waals surface area contributed by atoms with Gasteiger partial charge in [0.15, 0.2) is 11.6 Å². The molecule has 4 heterocycles. The van der Waals surface area contributed by atoms with Gasteiger partial charge in [0.2, 0.25) is 0 Å². The van der Waals surface area contributed by atoms with Crippen LogP contribution in [0.2, 0.25) is 0 Å². The number of hydrogen-bond acceptors (Lipinski definition) is 11. The number of amides is 4. The van der Waals surface area contributed by atoms with Gasteiger partial charge in [0.1, 0.15) is 5.76 Å². The number of nitrogens with zero attached hydrogens (tertiary/aromatic N) is 5. The van der Waals surface area contributed by atoms with Crippen LogP contribution in [0, 0.1) is 0 Å². The summed E-state index contributed by atoms with van der Waals surface area (Å²) in [5, 5.41) is 5.58. The van der Waals surface area contributed by atoms with Crippen LogP contribution >= 0.6 is 0 Å². The van der Waals surface area contributed by atoms with Crippen molar-refractivity contribution in [1.29, 1.82) is 0 Å². The number of aryl methyl sites for hydroxylation is 1. The largest absolute Gasteiger partial charge is 0.469 e. The first-order valence-corrected chi connectivity index (χ1v) is 41.1. The molecule has 1 aromatic heterocycles. The normalized spacial score (nSPS) is 15.2. The first kappa shape index (κ1) is 94.3. The van der Waals surface area contributed by atoms with Gasteiger partial charge >= 0.3 is 0 Å². The number of hydrogen-bond donors (Lipinski definition) is 2. The van der Waals surface area contributed by atoms with Crippen molar-refractivity contribution >= 4 is 35.2 Å². The molecule has 1 unspecified atom stereocenters. The SMILES string of the molecule is CC(C)(C)c1ccc(C(=O)CCc2ccco2)cc1.CCN1CCCC1CCC(=O)c1ccc(C(C)(C)C)cc1.CCN1CCN(C(=O)c2ccc(C(C)(C)C)cc2)CC1.CCNC(=O)c1ccc(C(C)(C)C)cc1.CN1CCCN(C(=O)c2ccc(C(C)(C)C)cc2)CC1.COCCNC(=O)c1ccc(C(C)(C)C)cc1. The number of carbonyl (C=O) groups excluding carboxylic acids is 6. The van der Waals surface area contributed by atoms with Crippen LogP contribution in [0.1, 0.15) is 285 Å². The molecule has 3 aliphatic rings. The summed E-state index contributed by atoms with van der Waals surface area (Å²) < 4.78 is 10.1. The van der Waals surface area contributed by atoms with E-state index in [1.807, 2.05) is 138 Å². The van der Waals surface area contributed by atoms with E-state index in [9.17, 15) is 28.8 Å². The topological polar surface area (TPSA) is 165 Å². The number of benzene rings is 6. The van der Waals surface area contributed by atoms with Crippen molar-refractivity contribution in [3.63, 3.8) is 0 Å². The molecule has 1 atom stereocenters. The van der Waals surface area contributed by atoms with Crippen LogP contribution < -0.4 is 10.6 Å². The van der Waals surface area contributed by atoms with Gasteiger partial charge in [-0.25, -0.2) is 0 Å². The van der Waals surface area contributed by atoms with Crippen LogP contribution in [0.25, 0.3) is 0 Å². The molecule has 0 spiro atoms. The molecule has 7 aromatic rings. The minimum atomic E-state index is -0.0532. The van der Waals surface area contributed by atoms with Crippen molar-refractivity contribution in [2.45, 2.75) is 229 Å². The van der Waals surface area contributed by atoms with Crippen molar-refractivity contribution in [2.75, 3.05) is 106 Å². The summed E-state index contributed by atoms with van der Waals surface area (Å²) in [6.07, 6.45) is 8.07. The van der Waals surface area contributed by atoms with Gasteiger partial charge in [-0.1, -0.05) is 236 Å². The number of methoxy groups -OCH3 is 1. The van der Waals surface area contributed by atoms with Crippen LogP contribution in [0.4, 0.5) is 0 Å². The van der Waals surface area contributed by atoms with E-state index in [2.05, 4.69) is 207 Å². The lowest BCUT2D eigenvalue weighted by Crippen LogP contribution is -2.48. The van der Waals surface area contributed by atoms with Gasteiger partial charge in [0.25, 0.3) is 23.6 Å². The molecule has 2 N–H and O–H groups in total. The summed E-state index contributed by atoms with van der Waals surface area (Å²) >= 11 is 0. The third-order valence-electron chi connectivity index (χ3n) is 21.0. The molecular formula is C97H141N7O8. The molecule has 15 heteroatoms. The Morgan fingerprint density at radius 1 is 0.411 bits per heavy atom. The molecule has 0 radical (unpaired) electrons. The Morgan fingerprint density at radius 3 is 1.13 bits per heavy atom. The number of piperazine rings is 1. The maximum absolute atomic E-state index is 12.5. The molecule has 0 aliphatic carbocycles. The molecule has 0 bridgehead atoms. The minimum absolute atomic E-state index is 0.00189. The smallest absolute Gasteiger partial charge is 0.253 e. The van der Waals surface area contributed by atoms with Crippen LogP contribution in [0.15, 0.2) is 168 Å². The number of ether oxygens (including phenoxy) is 1. The average molecular weight is 1530 g/mol. The molecule has 0 saturated carbocycles. The Balaban J connectivity index is 0.000000241. The number of nitrogens with one attached hydrogen (secondary N) is 2. The number of likely N-dealkylation sites (N-methyl/N-ethyl adjacent to an activating group) is 2. The van der Waals surface area contributed by atoms with Crippen molar-refractivity contribution in [2.24, 2.45) is 0 Å². The Labute approximate surface area is 675 Å². The molecule has 3 aliphatic heterocycles. The highest BCUT2D eigenvalue weighted by Crippen LogP contribution is 2.29. The zero-order valence-electron chi connectivity index (χ0n) is 73.0. The summed E-state index contributed by atoms with van der Waals surface area (Å²) in [7, 11) is 3.73. The van der Waals surface area contributed by atoms with Crippen LogP contribution in [0.3, 0.4) is 0 Å². The summed E-state index contributed by atoms with van der Waals surface area (Å²) in [5.41, 5.74) is 13.0. The highest BCUT2D eigenvalue weighted by molar-refractivity contribution is 5.98. The van der Waals surface area contributed by atoms with E-state index in [4.69, 9.17) is 9.15 Å². The zero-order chi connectivity index (χ0) is 83.2. The van der Waals surface area contributed by atoms with Crippen LogP contribution in [-0.4, -0.2) is 172 Å². The van der Waals surface area contributed by atoms with Gasteiger partial charge in [0, 0.05) is 125 Å². The first-order valence-electron chi connectivity index (χ1n) is 41.1. The van der Waals surface area contributed by atoms with Gasteiger partial charge in [-0.2, -0.15) is 0 Å². The minimum Gasteiger partial charge on any atom is -0.469 e. The van der Waals surface area contributed by atoms with E-state index in [0.29, 0.717) is 56.3 Å². The fourth-order valence-corrected chi connectivity index (χ4v) is 13.2. The molecule has 4 amide bonds. The summed E-state index contributed by atoms with van der Waals surface area (Å²) in [6.45, 7) is 58.0. The highest BCUT2D eigenvalue weighted by Gasteiger charge is 2.27. The maximum atomic E-state index is 12.5. The second-order valence-corrected chi connectivity index (χ2v) is 36.1. The summed E-state index contributed by atoms with van der Waals surface area (Å²) in [4.78, 5) is 83.7. The van der Waals surface area contributed by atoms with Gasteiger partial charge < -0.3 is 44.3 Å². The predicted molar refractivity (Wildman–Crippen MR) is 464 cm³/mol. The zero-order valence-corrected chi connectivity index (χ0v) is 73.0. The van der Waals surface area contributed by atoms with Crippen molar-refractivity contribution in [3.8, 4) is 0 Å². The number of ketones is 2. The fourth-order valence-electron chi connectivity index (χ4n) is 13.2. The van der Waals surface area contributed by atoms with E-state index >= 15 is 0 Å². The maximum Gasteiger partial charge on any atom is 0.253 e.